The van der Waals surface area contributed by atoms with E-state index in [1.54, 1.807) is 16.7 Å². The second-order valence-corrected chi connectivity index (χ2v) is 8.04. The summed E-state index contributed by atoms with van der Waals surface area (Å²) in [5, 5.41) is 1.92. The monoisotopic (exact) mass is 416 g/mol. The minimum atomic E-state index is -0.0558. The number of rotatable bonds is 4. The van der Waals surface area contributed by atoms with Gasteiger partial charge in [0.25, 0.3) is 5.56 Å². The van der Waals surface area contributed by atoms with Gasteiger partial charge in [0.2, 0.25) is 0 Å². The molecule has 1 aromatic heterocycles. The summed E-state index contributed by atoms with van der Waals surface area (Å²) in [6, 6.07) is 23.7. The number of fused-ring (bicyclic) bond motifs is 2. The van der Waals surface area contributed by atoms with Crippen LogP contribution < -0.4 is 15.2 Å². The lowest BCUT2D eigenvalue weighted by Gasteiger charge is -2.25. The average molecular weight is 417 g/mol. The van der Waals surface area contributed by atoms with Crippen molar-refractivity contribution in [3.63, 3.8) is 0 Å². The zero-order valence-electron chi connectivity index (χ0n) is 16.6. The third-order valence-corrected chi connectivity index (χ3v) is 5.88. The number of anilines is 1. The van der Waals surface area contributed by atoms with Crippen LogP contribution in [-0.4, -0.2) is 4.57 Å². The quantitative estimate of drug-likeness (QED) is 0.453. The first-order valence-electron chi connectivity index (χ1n) is 9.92. The SMILES string of the molecule is Cn1c(N2Cc3ccccc3C2)c(OCc2ccccc2)c2cc(Cl)ccc2c1=O. The summed E-state index contributed by atoms with van der Waals surface area (Å²) < 4.78 is 8.08. The molecular weight excluding hydrogens is 396 g/mol. The van der Waals surface area contributed by atoms with Crippen LogP contribution in [0.5, 0.6) is 5.75 Å². The molecule has 0 radical (unpaired) electrons. The van der Waals surface area contributed by atoms with E-state index in [2.05, 4.69) is 17.0 Å². The second-order valence-electron chi connectivity index (χ2n) is 7.61. The van der Waals surface area contributed by atoms with Gasteiger partial charge in [-0.15, -0.1) is 0 Å². The minimum absolute atomic E-state index is 0.0558. The fourth-order valence-electron chi connectivity index (χ4n) is 4.15. The van der Waals surface area contributed by atoms with Gasteiger partial charge in [0.1, 0.15) is 6.61 Å². The maximum absolute atomic E-state index is 13.2. The van der Waals surface area contributed by atoms with Crippen LogP contribution in [0.4, 0.5) is 5.82 Å². The Kier molecular flexibility index (Phi) is 4.72. The van der Waals surface area contributed by atoms with E-state index >= 15 is 0 Å². The summed E-state index contributed by atoms with van der Waals surface area (Å²) in [6.45, 7) is 1.88. The van der Waals surface area contributed by atoms with Crippen molar-refractivity contribution < 1.29 is 4.74 Å². The number of benzene rings is 3. The molecule has 0 saturated heterocycles. The molecule has 0 spiro atoms. The smallest absolute Gasteiger partial charge is 0.259 e. The fraction of sp³-hybridized carbons (Fsp3) is 0.160. The molecular formula is C25H21ClN2O2. The van der Waals surface area contributed by atoms with Gasteiger partial charge in [-0.2, -0.15) is 0 Å². The minimum Gasteiger partial charge on any atom is -0.484 e. The van der Waals surface area contributed by atoms with E-state index in [1.807, 2.05) is 55.6 Å². The lowest BCUT2D eigenvalue weighted by molar-refractivity contribution is 0.307. The van der Waals surface area contributed by atoms with E-state index in [4.69, 9.17) is 16.3 Å². The van der Waals surface area contributed by atoms with Crippen LogP contribution in [0.15, 0.2) is 77.6 Å². The molecule has 1 aliphatic heterocycles. The molecule has 1 aliphatic rings. The molecule has 5 rings (SSSR count). The Balaban J connectivity index is 1.66. The molecule has 4 nitrogen and oxygen atoms in total. The molecule has 0 saturated carbocycles. The predicted molar refractivity (Wildman–Crippen MR) is 121 cm³/mol. The van der Waals surface area contributed by atoms with Crippen LogP contribution in [0.1, 0.15) is 16.7 Å². The Morgan fingerprint density at radius 1 is 0.900 bits per heavy atom. The normalized spacial score (nSPS) is 12.9. The maximum Gasteiger partial charge on any atom is 0.259 e. The Morgan fingerprint density at radius 2 is 1.57 bits per heavy atom. The van der Waals surface area contributed by atoms with Crippen molar-refractivity contribution in [2.75, 3.05) is 4.90 Å². The van der Waals surface area contributed by atoms with E-state index < -0.39 is 0 Å². The first-order valence-corrected chi connectivity index (χ1v) is 10.3. The Hall–Kier alpha value is -3.24. The molecule has 0 N–H and O–H groups in total. The molecule has 0 aliphatic carbocycles. The van der Waals surface area contributed by atoms with Crippen LogP contribution >= 0.6 is 11.6 Å². The summed E-state index contributed by atoms with van der Waals surface area (Å²) in [6.07, 6.45) is 0. The van der Waals surface area contributed by atoms with Gasteiger partial charge in [0.05, 0.1) is 5.39 Å². The topological polar surface area (TPSA) is 34.5 Å². The van der Waals surface area contributed by atoms with Gasteiger partial charge in [-0.3, -0.25) is 9.36 Å². The largest absolute Gasteiger partial charge is 0.484 e. The van der Waals surface area contributed by atoms with Gasteiger partial charge in [-0.05, 0) is 34.9 Å². The van der Waals surface area contributed by atoms with Crippen molar-refractivity contribution in [1.82, 2.24) is 4.57 Å². The van der Waals surface area contributed by atoms with Gasteiger partial charge in [-0.25, -0.2) is 0 Å². The highest BCUT2D eigenvalue weighted by Gasteiger charge is 2.26. The third kappa shape index (κ3) is 3.23. The summed E-state index contributed by atoms with van der Waals surface area (Å²) >= 11 is 6.31. The number of nitrogens with zero attached hydrogens (tertiary/aromatic N) is 2. The first-order chi connectivity index (χ1) is 14.6. The molecule has 5 heteroatoms. The second kappa shape index (κ2) is 7.54. The van der Waals surface area contributed by atoms with E-state index in [0.717, 1.165) is 29.9 Å². The van der Waals surface area contributed by atoms with E-state index in [0.29, 0.717) is 22.8 Å². The van der Waals surface area contributed by atoms with Crippen molar-refractivity contribution in [2.24, 2.45) is 7.05 Å². The van der Waals surface area contributed by atoms with Crippen molar-refractivity contribution in [2.45, 2.75) is 19.7 Å². The van der Waals surface area contributed by atoms with Crippen molar-refractivity contribution in [3.8, 4) is 5.75 Å². The fourth-order valence-corrected chi connectivity index (χ4v) is 4.32. The molecule has 0 fully saturated rings. The van der Waals surface area contributed by atoms with Gasteiger partial charge in [0, 0.05) is 30.5 Å². The molecule has 4 aromatic rings. The molecule has 150 valence electrons. The first kappa shape index (κ1) is 18.8. The average Bonchev–Trinajstić information content (AvgIpc) is 3.19. The van der Waals surface area contributed by atoms with Gasteiger partial charge >= 0.3 is 0 Å². The highest BCUT2D eigenvalue weighted by molar-refractivity contribution is 6.31. The van der Waals surface area contributed by atoms with Crippen LogP contribution in [0.25, 0.3) is 10.8 Å². The molecule has 3 aromatic carbocycles. The molecule has 0 unspecified atom stereocenters. The molecule has 0 amide bonds. The van der Waals surface area contributed by atoms with Gasteiger partial charge in [0.15, 0.2) is 11.6 Å². The van der Waals surface area contributed by atoms with E-state index in [9.17, 15) is 4.79 Å². The number of ether oxygens (including phenoxy) is 1. The summed E-state index contributed by atoms with van der Waals surface area (Å²) in [7, 11) is 1.81. The van der Waals surface area contributed by atoms with E-state index in [-0.39, 0.29) is 5.56 Å². The highest BCUT2D eigenvalue weighted by atomic mass is 35.5. The lowest BCUT2D eigenvalue weighted by atomic mass is 10.1. The number of hydrogen-bond donors (Lipinski definition) is 0. The van der Waals surface area contributed by atoms with Crippen LogP contribution in [-0.2, 0) is 26.7 Å². The van der Waals surface area contributed by atoms with Crippen molar-refractivity contribution in [3.05, 3.63) is 105 Å². The van der Waals surface area contributed by atoms with E-state index in [1.165, 1.54) is 11.1 Å². The van der Waals surface area contributed by atoms with Gasteiger partial charge < -0.3 is 9.64 Å². The zero-order valence-corrected chi connectivity index (χ0v) is 17.4. The predicted octanol–water partition coefficient (Wildman–Crippen LogP) is 5.29. The summed E-state index contributed by atoms with van der Waals surface area (Å²) in [4.78, 5) is 15.4. The van der Waals surface area contributed by atoms with Crippen LogP contribution in [0.3, 0.4) is 0 Å². The number of hydrogen-bond acceptors (Lipinski definition) is 3. The third-order valence-electron chi connectivity index (χ3n) is 5.65. The molecule has 0 bridgehead atoms. The number of pyridine rings is 1. The number of aromatic nitrogens is 1. The summed E-state index contributed by atoms with van der Waals surface area (Å²) in [5.74, 6) is 1.47. The van der Waals surface area contributed by atoms with Crippen LogP contribution in [0, 0.1) is 0 Å². The van der Waals surface area contributed by atoms with Gasteiger partial charge in [-0.1, -0.05) is 66.2 Å². The number of halogens is 1. The van der Waals surface area contributed by atoms with Crippen LogP contribution in [0.2, 0.25) is 5.02 Å². The highest BCUT2D eigenvalue weighted by Crippen LogP contribution is 2.39. The molecule has 2 heterocycles. The van der Waals surface area contributed by atoms with Crippen molar-refractivity contribution in [1.29, 1.82) is 0 Å². The summed E-state index contributed by atoms with van der Waals surface area (Å²) in [5.41, 5.74) is 3.55. The Labute approximate surface area is 179 Å². The Morgan fingerprint density at radius 3 is 2.27 bits per heavy atom. The maximum atomic E-state index is 13.2. The lowest BCUT2D eigenvalue weighted by Crippen LogP contribution is -2.27. The molecule has 0 atom stereocenters. The standard InChI is InChI=1S/C25H21ClN2O2/c1-27-24(28-14-18-9-5-6-10-19(18)15-28)23(30-16-17-7-3-2-4-8-17)22-13-20(26)11-12-21(22)25(27)29/h2-13H,14-16H2,1H3. The molecule has 30 heavy (non-hydrogen) atoms. The van der Waals surface area contributed by atoms with Crippen molar-refractivity contribution >= 4 is 28.2 Å². The zero-order chi connectivity index (χ0) is 20.7. The Bertz CT molecular complexity index is 1270.